The third-order valence-corrected chi connectivity index (χ3v) is 8.86. The molecule has 4 heteroatoms. The Hall–Kier alpha value is -1.45. The van der Waals surface area contributed by atoms with Crippen LogP contribution >= 0.6 is 0 Å². The highest BCUT2D eigenvalue weighted by atomic mass is 16.1. The maximum atomic E-state index is 13.1. The summed E-state index contributed by atoms with van der Waals surface area (Å²) in [7, 11) is 0. The average Bonchev–Trinajstić information content (AvgIpc) is 3.29. The second-order valence-corrected chi connectivity index (χ2v) is 10.1. The first-order valence-electron chi connectivity index (χ1n) is 11.5. The van der Waals surface area contributed by atoms with Gasteiger partial charge in [-0.1, -0.05) is 52.2 Å². The van der Waals surface area contributed by atoms with Crippen molar-refractivity contribution in [2.45, 2.75) is 85.6 Å². The molecular formula is C24H37N3O. The monoisotopic (exact) mass is 383 g/mol. The van der Waals surface area contributed by atoms with Gasteiger partial charge in [0.1, 0.15) is 6.54 Å². The molecule has 2 saturated carbocycles. The number of nitrogens with zero attached hydrogens (tertiary/aromatic N) is 3. The molecular weight excluding hydrogens is 346 g/mol. The Balaban J connectivity index is 1.60. The molecule has 3 aliphatic carbocycles. The highest BCUT2D eigenvalue weighted by Crippen LogP contribution is 2.64. The van der Waals surface area contributed by atoms with Crippen LogP contribution < -0.4 is 0 Å². The van der Waals surface area contributed by atoms with Crippen LogP contribution in [0.3, 0.4) is 0 Å². The first kappa shape index (κ1) is 19.8. The van der Waals surface area contributed by atoms with Crippen molar-refractivity contribution in [2.75, 3.05) is 0 Å². The molecule has 6 unspecified atom stereocenters. The van der Waals surface area contributed by atoms with Gasteiger partial charge in [0.15, 0.2) is 5.78 Å². The van der Waals surface area contributed by atoms with E-state index in [-0.39, 0.29) is 11.3 Å². The van der Waals surface area contributed by atoms with Gasteiger partial charge in [-0.25, -0.2) is 0 Å². The fourth-order valence-corrected chi connectivity index (χ4v) is 7.49. The number of allylic oxidation sites excluding steroid dienone is 2. The van der Waals surface area contributed by atoms with Crippen molar-refractivity contribution in [1.82, 2.24) is 15.0 Å². The Morgan fingerprint density at radius 3 is 2.57 bits per heavy atom. The largest absolute Gasteiger partial charge is 0.297 e. The van der Waals surface area contributed by atoms with Gasteiger partial charge in [0, 0.05) is 5.92 Å². The lowest BCUT2D eigenvalue weighted by atomic mass is 9.50. The zero-order valence-corrected chi connectivity index (χ0v) is 18.2. The number of carbonyl (C=O) groups is 1. The number of hydrogen-bond donors (Lipinski definition) is 0. The Bertz CT molecular complexity index is 739. The summed E-state index contributed by atoms with van der Waals surface area (Å²) < 4.78 is 0. The molecule has 0 spiro atoms. The van der Waals surface area contributed by atoms with Gasteiger partial charge in [0.2, 0.25) is 0 Å². The predicted octanol–water partition coefficient (Wildman–Crippen LogP) is 5.45. The summed E-state index contributed by atoms with van der Waals surface area (Å²) in [5, 5.41) is 8.30. The Morgan fingerprint density at radius 2 is 1.89 bits per heavy atom. The average molecular weight is 384 g/mol. The van der Waals surface area contributed by atoms with Crippen LogP contribution in [-0.4, -0.2) is 20.8 Å². The highest BCUT2D eigenvalue weighted by Gasteiger charge is 2.57. The first-order chi connectivity index (χ1) is 13.4. The van der Waals surface area contributed by atoms with E-state index in [2.05, 4.69) is 44.0 Å². The summed E-state index contributed by atoms with van der Waals surface area (Å²) >= 11 is 0. The van der Waals surface area contributed by atoms with Crippen molar-refractivity contribution in [2.24, 2.45) is 34.5 Å². The van der Waals surface area contributed by atoms with E-state index < -0.39 is 0 Å². The van der Waals surface area contributed by atoms with E-state index in [9.17, 15) is 4.79 Å². The van der Waals surface area contributed by atoms with Crippen LogP contribution in [-0.2, 0) is 11.3 Å². The van der Waals surface area contributed by atoms with Crippen molar-refractivity contribution in [3.8, 4) is 0 Å². The number of ketones is 1. The van der Waals surface area contributed by atoms with E-state index in [0.717, 1.165) is 18.8 Å². The van der Waals surface area contributed by atoms with Crippen molar-refractivity contribution in [3.05, 3.63) is 24.0 Å². The first-order valence-corrected chi connectivity index (χ1v) is 11.5. The molecule has 3 aliphatic rings. The number of aromatic nitrogens is 3. The van der Waals surface area contributed by atoms with Crippen LogP contribution in [0.5, 0.6) is 0 Å². The molecule has 0 aromatic carbocycles. The van der Waals surface area contributed by atoms with Gasteiger partial charge >= 0.3 is 0 Å². The molecule has 0 amide bonds. The summed E-state index contributed by atoms with van der Waals surface area (Å²) in [5.74, 6) is 2.67. The minimum atomic E-state index is 0.116. The number of hydrogen-bond acceptors (Lipinski definition) is 3. The lowest BCUT2D eigenvalue weighted by Crippen LogP contribution is -2.47. The van der Waals surface area contributed by atoms with Gasteiger partial charge in [-0.15, -0.1) is 0 Å². The third kappa shape index (κ3) is 2.98. The Kier molecular flexibility index (Phi) is 5.26. The molecule has 1 aromatic heterocycles. The molecule has 4 rings (SSSR count). The minimum absolute atomic E-state index is 0.116. The SMILES string of the molecule is CCCC1(C)C2=CCC3(C)C(C(=O)Cn4nccn4)CCC3C2CCC1CC. The fourth-order valence-electron chi connectivity index (χ4n) is 7.49. The predicted molar refractivity (Wildman–Crippen MR) is 112 cm³/mol. The van der Waals surface area contributed by atoms with Crippen LogP contribution in [0, 0.1) is 34.5 Å². The maximum Gasteiger partial charge on any atom is 0.159 e. The number of rotatable bonds is 6. The summed E-state index contributed by atoms with van der Waals surface area (Å²) in [4.78, 5) is 14.7. The zero-order valence-electron chi connectivity index (χ0n) is 18.2. The van der Waals surface area contributed by atoms with Gasteiger partial charge < -0.3 is 0 Å². The fraction of sp³-hybridized carbons (Fsp3) is 0.792. The van der Waals surface area contributed by atoms with Crippen LogP contribution in [0.4, 0.5) is 0 Å². The molecule has 1 heterocycles. The lowest BCUT2D eigenvalue weighted by molar-refractivity contribution is -0.128. The molecule has 2 fully saturated rings. The van der Waals surface area contributed by atoms with E-state index in [1.807, 2.05) is 0 Å². The van der Waals surface area contributed by atoms with E-state index in [1.54, 1.807) is 22.8 Å². The number of carbonyl (C=O) groups excluding carboxylic acids is 1. The Labute approximate surface area is 170 Å². The molecule has 1 aromatic rings. The van der Waals surface area contributed by atoms with Crippen molar-refractivity contribution in [1.29, 1.82) is 0 Å². The smallest absolute Gasteiger partial charge is 0.159 e. The molecule has 0 N–H and O–H groups in total. The van der Waals surface area contributed by atoms with Gasteiger partial charge in [0.25, 0.3) is 0 Å². The number of Topliss-reactive ketones (excluding diaryl/α,β-unsaturated/α-hetero) is 1. The summed E-state index contributed by atoms with van der Waals surface area (Å²) in [6.07, 6.45) is 15.8. The van der Waals surface area contributed by atoms with Gasteiger partial charge in [-0.2, -0.15) is 15.0 Å². The van der Waals surface area contributed by atoms with Crippen molar-refractivity contribution >= 4 is 5.78 Å². The molecule has 6 atom stereocenters. The molecule has 154 valence electrons. The maximum absolute atomic E-state index is 13.1. The van der Waals surface area contributed by atoms with Crippen LogP contribution in [0.25, 0.3) is 0 Å². The minimum Gasteiger partial charge on any atom is -0.297 e. The van der Waals surface area contributed by atoms with Crippen molar-refractivity contribution in [3.63, 3.8) is 0 Å². The molecule has 0 bridgehead atoms. The summed E-state index contributed by atoms with van der Waals surface area (Å²) in [5.41, 5.74) is 2.25. The second kappa shape index (κ2) is 7.42. The van der Waals surface area contributed by atoms with E-state index >= 15 is 0 Å². The lowest BCUT2D eigenvalue weighted by Gasteiger charge is -2.54. The number of fused-ring (bicyclic) bond motifs is 3. The van der Waals surface area contributed by atoms with Crippen LogP contribution in [0.1, 0.15) is 79.1 Å². The molecule has 0 radical (unpaired) electrons. The van der Waals surface area contributed by atoms with Gasteiger partial charge in [-0.05, 0) is 67.1 Å². The van der Waals surface area contributed by atoms with Crippen molar-refractivity contribution < 1.29 is 4.79 Å². The second-order valence-electron chi connectivity index (χ2n) is 10.1. The molecule has 28 heavy (non-hydrogen) atoms. The van der Waals surface area contributed by atoms with Gasteiger partial charge in [-0.3, -0.25) is 4.79 Å². The third-order valence-electron chi connectivity index (χ3n) is 8.86. The summed E-state index contributed by atoms with van der Waals surface area (Å²) in [6, 6.07) is 0. The molecule has 0 aliphatic heterocycles. The molecule has 0 saturated heterocycles. The standard InChI is InChI=1S/C24H37N3O/c1-5-12-23(3)17(6-2)7-8-18-19-9-10-21(24(19,4)13-11-20(18)23)22(28)16-27-25-14-15-26-27/h11,14-15,17-19,21H,5-10,12-13,16H2,1-4H3. The Morgan fingerprint density at radius 1 is 1.14 bits per heavy atom. The topological polar surface area (TPSA) is 47.8 Å². The highest BCUT2D eigenvalue weighted by molar-refractivity contribution is 5.82. The quantitative estimate of drug-likeness (QED) is 0.614. The summed E-state index contributed by atoms with van der Waals surface area (Å²) in [6.45, 7) is 9.99. The van der Waals surface area contributed by atoms with Gasteiger partial charge in [0.05, 0.1) is 12.4 Å². The zero-order chi connectivity index (χ0) is 19.9. The van der Waals surface area contributed by atoms with Crippen LogP contribution in [0.15, 0.2) is 24.0 Å². The van der Waals surface area contributed by atoms with E-state index in [0.29, 0.717) is 29.6 Å². The van der Waals surface area contributed by atoms with Crippen LogP contribution in [0.2, 0.25) is 0 Å². The van der Waals surface area contributed by atoms with E-state index in [1.165, 1.54) is 38.5 Å². The normalized spacial score (nSPS) is 39.9. The molecule has 4 nitrogen and oxygen atoms in total. The van der Waals surface area contributed by atoms with E-state index in [4.69, 9.17) is 0 Å².